The van der Waals surface area contributed by atoms with E-state index in [1.807, 2.05) is 24.4 Å². The number of pyridine rings is 1. The van der Waals surface area contributed by atoms with E-state index in [2.05, 4.69) is 40.6 Å². The monoisotopic (exact) mass is 344 g/mol. The van der Waals surface area contributed by atoms with E-state index in [1.54, 1.807) is 13.3 Å². The van der Waals surface area contributed by atoms with Crippen molar-refractivity contribution in [2.75, 3.05) is 12.4 Å². The molecule has 1 aliphatic heterocycles. The van der Waals surface area contributed by atoms with Crippen LogP contribution in [-0.4, -0.2) is 18.0 Å². The molecule has 0 fully saturated rings. The third kappa shape index (κ3) is 3.31. The van der Waals surface area contributed by atoms with E-state index in [9.17, 15) is 4.79 Å². The fraction of sp³-hybridized carbons (Fsp3) is 0.182. The first-order chi connectivity index (χ1) is 12.7. The summed E-state index contributed by atoms with van der Waals surface area (Å²) in [4.78, 5) is 16.1. The second kappa shape index (κ2) is 7.00. The Morgan fingerprint density at radius 2 is 1.96 bits per heavy atom. The first-order valence-corrected chi connectivity index (χ1v) is 8.72. The van der Waals surface area contributed by atoms with Crippen LogP contribution in [0, 0.1) is 0 Å². The number of nitrogens with zero attached hydrogens (tertiary/aromatic N) is 1. The van der Waals surface area contributed by atoms with Crippen molar-refractivity contribution in [3.8, 4) is 16.9 Å². The molecule has 4 heteroatoms. The van der Waals surface area contributed by atoms with Gasteiger partial charge in [-0.3, -0.25) is 9.78 Å². The summed E-state index contributed by atoms with van der Waals surface area (Å²) in [5.41, 5.74) is 6.74. The van der Waals surface area contributed by atoms with Crippen LogP contribution in [0.1, 0.15) is 23.1 Å². The van der Waals surface area contributed by atoms with Crippen LogP contribution in [0.25, 0.3) is 11.1 Å². The van der Waals surface area contributed by atoms with Gasteiger partial charge in [0, 0.05) is 30.1 Å². The zero-order valence-electron chi connectivity index (χ0n) is 14.7. The van der Waals surface area contributed by atoms with Gasteiger partial charge in [-0.1, -0.05) is 18.2 Å². The number of rotatable bonds is 4. The lowest BCUT2D eigenvalue weighted by Crippen LogP contribution is -2.19. The Labute approximate surface area is 152 Å². The van der Waals surface area contributed by atoms with Crippen molar-refractivity contribution in [1.82, 2.24) is 4.98 Å². The molecule has 0 saturated carbocycles. The summed E-state index contributed by atoms with van der Waals surface area (Å²) in [6.07, 6.45) is 5.76. The first kappa shape index (κ1) is 16.3. The highest BCUT2D eigenvalue weighted by molar-refractivity contribution is 5.94. The molecule has 4 nitrogen and oxygen atoms in total. The Hall–Kier alpha value is -3.14. The van der Waals surface area contributed by atoms with Crippen LogP contribution in [0.15, 0.2) is 60.9 Å². The highest BCUT2D eigenvalue weighted by atomic mass is 16.5. The van der Waals surface area contributed by atoms with Crippen molar-refractivity contribution < 1.29 is 9.53 Å². The van der Waals surface area contributed by atoms with Crippen molar-refractivity contribution in [2.24, 2.45) is 0 Å². The van der Waals surface area contributed by atoms with Gasteiger partial charge in [-0.15, -0.1) is 0 Å². The molecule has 3 aromatic rings. The smallest absolute Gasteiger partial charge is 0.224 e. The number of aromatic nitrogens is 1. The molecule has 0 bridgehead atoms. The van der Waals surface area contributed by atoms with Crippen LogP contribution in [0.2, 0.25) is 0 Å². The lowest BCUT2D eigenvalue weighted by Gasteiger charge is -2.21. The van der Waals surface area contributed by atoms with Crippen molar-refractivity contribution in [2.45, 2.75) is 19.3 Å². The van der Waals surface area contributed by atoms with E-state index in [1.165, 1.54) is 22.3 Å². The minimum Gasteiger partial charge on any atom is -0.497 e. The van der Waals surface area contributed by atoms with Crippen LogP contribution < -0.4 is 10.1 Å². The van der Waals surface area contributed by atoms with E-state index < -0.39 is 0 Å². The average molecular weight is 344 g/mol. The third-order valence-electron chi connectivity index (χ3n) is 4.75. The maximum absolute atomic E-state index is 11.8. The lowest BCUT2D eigenvalue weighted by atomic mass is 9.90. The van der Waals surface area contributed by atoms with E-state index in [-0.39, 0.29) is 5.91 Å². The predicted molar refractivity (Wildman–Crippen MR) is 102 cm³/mol. The summed E-state index contributed by atoms with van der Waals surface area (Å²) in [6, 6.07) is 16.4. The number of hydrogen-bond donors (Lipinski definition) is 1. The van der Waals surface area contributed by atoms with E-state index >= 15 is 0 Å². The quantitative estimate of drug-likeness (QED) is 0.770. The van der Waals surface area contributed by atoms with Crippen molar-refractivity contribution in [3.63, 3.8) is 0 Å². The van der Waals surface area contributed by atoms with Gasteiger partial charge in [-0.05, 0) is 65.4 Å². The average Bonchev–Trinajstić information content (AvgIpc) is 2.68. The minimum absolute atomic E-state index is 0.0852. The first-order valence-electron chi connectivity index (χ1n) is 8.72. The molecule has 4 rings (SSSR count). The fourth-order valence-electron chi connectivity index (χ4n) is 3.37. The van der Waals surface area contributed by atoms with Gasteiger partial charge in [0.25, 0.3) is 0 Å². The second-order valence-electron chi connectivity index (χ2n) is 6.48. The topological polar surface area (TPSA) is 51.2 Å². The second-order valence-corrected chi connectivity index (χ2v) is 6.48. The number of carbonyl (C=O) groups is 1. The number of amides is 1. The fourth-order valence-corrected chi connectivity index (χ4v) is 3.37. The predicted octanol–water partition coefficient (Wildman–Crippen LogP) is 4.23. The molecule has 0 saturated heterocycles. The summed E-state index contributed by atoms with van der Waals surface area (Å²) in [5.74, 6) is 0.931. The molecule has 0 spiro atoms. The zero-order valence-corrected chi connectivity index (χ0v) is 14.7. The van der Waals surface area contributed by atoms with E-state index in [0.29, 0.717) is 6.42 Å². The Morgan fingerprint density at radius 3 is 2.69 bits per heavy atom. The van der Waals surface area contributed by atoms with Crippen LogP contribution in [0.3, 0.4) is 0 Å². The Bertz CT molecular complexity index is 934. The van der Waals surface area contributed by atoms with Crippen molar-refractivity contribution in [3.05, 3.63) is 77.6 Å². The molecule has 130 valence electrons. The molecule has 1 amide bonds. The summed E-state index contributed by atoms with van der Waals surface area (Å²) in [5, 5.41) is 3.01. The Kier molecular flexibility index (Phi) is 4.40. The number of fused-ring (bicyclic) bond motifs is 1. The number of benzene rings is 2. The number of ether oxygens (including phenoxy) is 1. The van der Waals surface area contributed by atoms with Crippen molar-refractivity contribution >= 4 is 11.6 Å². The maximum Gasteiger partial charge on any atom is 0.224 e. The minimum atomic E-state index is 0.0852. The van der Waals surface area contributed by atoms with Crippen LogP contribution >= 0.6 is 0 Å². The summed E-state index contributed by atoms with van der Waals surface area (Å²) >= 11 is 0. The normalized spacial score (nSPS) is 13.0. The third-order valence-corrected chi connectivity index (χ3v) is 4.75. The summed E-state index contributed by atoms with van der Waals surface area (Å²) < 4.78 is 5.24. The van der Waals surface area contributed by atoms with Gasteiger partial charge in [0.15, 0.2) is 0 Å². The number of carbonyl (C=O) groups excluding carboxylic acids is 1. The molecule has 2 aromatic carbocycles. The highest BCUT2D eigenvalue weighted by Crippen LogP contribution is 2.33. The summed E-state index contributed by atoms with van der Waals surface area (Å²) in [7, 11) is 1.67. The van der Waals surface area contributed by atoms with Gasteiger partial charge in [0.2, 0.25) is 5.91 Å². The van der Waals surface area contributed by atoms with E-state index in [4.69, 9.17) is 4.74 Å². The maximum atomic E-state index is 11.8. The molecule has 1 aromatic heterocycles. The van der Waals surface area contributed by atoms with Crippen LogP contribution in [0.5, 0.6) is 5.75 Å². The molecule has 0 radical (unpaired) electrons. The number of anilines is 1. The Morgan fingerprint density at radius 1 is 1.12 bits per heavy atom. The van der Waals surface area contributed by atoms with Crippen LogP contribution in [-0.2, 0) is 17.6 Å². The molecular formula is C22H20N2O2. The standard InChI is InChI=1S/C22H20N2O2/c1-26-19-7-4-15(5-8-19)11-18-13-21-16(6-9-22(25)24-21)12-20(18)17-3-2-10-23-14-17/h2-5,7-8,10,12-14H,6,9,11H2,1H3,(H,24,25). The van der Waals surface area contributed by atoms with Crippen molar-refractivity contribution in [1.29, 1.82) is 0 Å². The zero-order chi connectivity index (χ0) is 17.9. The molecule has 0 atom stereocenters. The van der Waals surface area contributed by atoms with Gasteiger partial charge >= 0.3 is 0 Å². The highest BCUT2D eigenvalue weighted by Gasteiger charge is 2.18. The van der Waals surface area contributed by atoms with E-state index in [0.717, 1.165) is 29.8 Å². The summed E-state index contributed by atoms with van der Waals surface area (Å²) in [6.45, 7) is 0. The molecule has 2 heterocycles. The number of methoxy groups -OCH3 is 1. The lowest BCUT2D eigenvalue weighted by molar-refractivity contribution is -0.116. The number of nitrogens with one attached hydrogen (secondary N) is 1. The molecule has 1 aliphatic rings. The van der Waals surface area contributed by atoms with Gasteiger partial charge in [-0.2, -0.15) is 0 Å². The molecule has 26 heavy (non-hydrogen) atoms. The SMILES string of the molecule is COc1ccc(Cc2cc3c(cc2-c2cccnc2)CCC(=O)N3)cc1. The Balaban J connectivity index is 1.77. The van der Waals surface area contributed by atoms with Gasteiger partial charge in [0.1, 0.15) is 5.75 Å². The molecule has 0 unspecified atom stereocenters. The van der Waals surface area contributed by atoms with Gasteiger partial charge < -0.3 is 10.1 Å². The van der Waals surface area contributed by atoms with Gasteiger partial charge in [-0.25, -0.2) is 0 Å². The molecular weight excluding hydrogens is 324 g/mol. The number of aryl methyl sites for hydroxylation is 1. The van der Waals surface area contributed by atoms with Crippen LogP contribution in [0.4, 0.5) is 5.69 Å². The largest absolute Gasteiger partial charge is 0.497 e. The number of hydrogen-bond acceptors (Lipinski definition) is 3. The molecule has 0 aliphatic carbocycles. The van der Waals surface area contributed by atoms with Gasteiger partial charge in [0.05, 0.1) is 7.11 Å². The molecule has 1 N–H and O–H groups in total.